The molecule has 2 atom stereocenters. The lowest BCUT2D eigenvalue weighted by Crippen LogP contribution is -2.48. The molecule has 0 spiro atoms. The van der Waals surface area contributed by atoms with Gasteiger partial charge >= 0.3 is 0 Å². The molecule has 0 aromatic heterocycles. The largest absolute Gasteiger partial charge is 0.361 e. The van der Waals surface area contributed by atoms with E-state index < -0.39 is 0 Å². The van der Waals surface area contributed by atoms with Crippen LogP contribution in [0.15, 0.2) is 9.98 Å². The lowest BCUT2D eigenvalue weighted by molar-refractivity contribution is -0.121. The van der Waals surface area contributed by atoms with Gasteiger partial charge < -0.3 is 10.6 Å². The van der Waals surface area contributed by atoms with Gasteiger partial charge in [-0.3, -0.25) is 4.79 Å². The molecule has 2 N–H and O–H groups in total. The van der Waals surface area contributed by atoms with Gasteiger partial charge in [-0.05, 0) is 0 Å². The maximum atomic E-state index is 10.9. The Balaban J connectivity index is 2.27. The predicted octanol–water partition coefficient (Wildman–Crippen LogP) is -1.53. The third kappa shape index (κ3) is 0.601. The van der Waals surface area contributed by atoms with E-state index in [2.05, 4.69) is 20.6 Å². The molecule has 0 saturated carbocycles. The Hall–Kier alpha value is -1.39. The van der Waals surface area contributed by atoms with Crippen molar-refractivity contribution in [3.8, 4) is 0 Å². The highest BCUT2D eigenvalue weighted by Crippen LogP contribution is 2.07. The summed E-state index contributed by atoms with van der Waals surface area (Å²) in [5, 5.41) is 5.27. The van der Waals surface area contributed by atoms with E-state index in [0.717, 1.165) is 0 Å². The highest BCUT2D eigenvalue weighted by Gasteiger charge is 2.31. The average Bonchev–Trinajstić information content (AvgIpc) is 2.36. The van der Waals surface area contributed by atoms with Crippen LogP contribution in [0.3, 0.4) is 0 Å². The summed E-state index contributed by atoms with van der Waals surface area (Å²) in [6, 6.07) is -0.287. The number of carbonyl (C=O) groups excluding carboxylic acids is 1. The van der Waals surface area contributed by atoms with Gasteiger partial charge in [-0.25, -0.2) is 9.98 Å². The quantitative estimate of drug-likeness (QED) is 0.426. The smallest absolute Gasteiger partial charge is 0.251 e. The summed E-state index contributed by atoms with van der Waals surface area (Å²) in [4.78, 5) is 18.8. The molecular formula is C5H6N4O. The van der Waals surface area contributed by atoms with Crippen molar-refractivity contribution >= 4 is 18.6 Å². The molecule has 5 heteroatoms. The van der Waals surface area contributed by atoms with E-state index in [0.29, 0.717) is 0 Å². The van der Waals surface area contributed by atoms with Crippen molar-refractivity contribution < 1.29 is 4.79 Å². The fourth-order valence-electron chi connectivity index (χ4n) is 0.975. The van der Waals surface area contributed by atoms with E-state index in [4.69, 9.17) is 0 Å². The zero-order valence-electron chi connectivity index (χ0n) is 5.11. The summed E-state index contributed by atoms with van der Waals surface area (Å²) in [6.07, 6.45) is 2.65. The van der Waals surface area contributed by atoms with Crippen LogP contribution in [0, 0.1) is 0 Å². The van der Waals surface area contributed by atoms with E-state index in [1.54, 1.807) is 0 Å². The molecule has 5 nitrogen and oxygen atoms in total. The van der Waals surface area contributed by atoms with Crippen LogP contribution >= 0.6 is 0 Å². The maximum absolute atomic E-state index is 10.9. The zero-order valence-corrected chi connectivity index (χ0v) is 5.11. The van der Waals surface area contributed by atoms with E-state index in [1.807, 2.05) is 0 Å². The fourth-order valence-corrected chi connectivity index (χ4v) is 0.975. The van der Waals surface area contributed by atoms with Crippen LogP contribution in [0.1, 0.15) is 0 Å². The van der Waals surface area contributed by atoms with Gasteiger partial charge in [0.2, 0.25) is 0 Å². The van der Waals surface area contributed by atoms with E-state index in [9.17, 15) is 4.79 Å². The van der Waals surface area contributed by atoms with Gasteiger partial charge in [-0.15, -0.1) is 0 Å². The summed E-state index contributed by atoms with van der Waals surface area (Å²) in [6.45, 7) is 0. The van der Waals surface area contributed by atoms with Gasteiger partial charge in [0, 0.05) is 0 Å². The third-order valence-corrected chi connectivity index (χ3v) is 1.50. The number of hydrogen-bond donors (Lipinski definition) is 2. The Morgan fingerprint density at radius 3 is 3.00 bits per heavy atom. The van der Waals surface area contributed by atoms with Crippen molar-refractivity contribution in [2.75, 3.05) is 0 Å². The van der Waals surface area contributed by atoms with Gasteiger partial charge in [0.1, 0.15) is 6.04 Å². The molecule has 0 aliphatic carbocycles. The number of nitrogens with zero attached hydrogens (tertiary/aromatic N) is 2. The topological polar surface area (TPSA) is 65.8 Å². The molecule has 52 valence electrons. The Morgan fingerprint density at radius 2 is 2.20 bits per heavy atom. The first kappa shape index (κ1) is 5.40. The van der Waals surface area contributed by atoms with Crippen molar-refractivity contribution in [1.29, 1.82) is 0 Å². The summed E-state index contributed by atoms with van der Waals surface area (Å²) >= 11 is 0. The Bertz CT molecular complexity index is 222. The minimum absolute atomic E-state index is 0.0718. The van der Waals surface area contributed by atoms with Crippen molar-refractivity contribution in [1.82, 2.24) is 10.6 Å². The molecule has 2 aliphatic heterocycles. The first-order chi connectivity index (χ1) is 4.88. The third-order valence-electron chi connectivity index (χ3n) is 1.50. The lowest BCUT2D eigenvalue weighted by Gasteiger charge is -2.16. The molecule has 0 bridgehead atoms. The molecule has 1 amide bonds. The summed E-state index contributed by atoms with van der Waals surface area (Å²) < 4.78 is 0. The second-order valence-electron chi connectivity index (χ2n) is 2.12. The maximum Gasteiger partial charge on any atom is 0.251 e. The van der Waals surface area contributed by atoms with Gasteiger partial charge in [0.15, 0.2) is 6.17 Å². The number of carbonyl (C=O) groups is 1. The molecule has 2 rings (SSSR count). The van der Waals surface area contributed by atoms with Gasteiger partial charge in [-0.2, -0.15) is 0 Å². The SMILES string of the molecule is O=C1NC=N[C@@H]2N=CN[C@H]12. The molecule has 2 aliphatic rings. The minimum atomic E-state index is -0.287. The second kappa shape index (κ2) is 1.80. The van der Waals surface area contributed by atoms with Crippen LogP contribution in [-0.2, 0) is 4.79 Å². The molecule has 2 heterocycles. The number of fused-ring (bicyclic) bond motifs is 1. The molecule has 0 unspecified atom stereocenters. The van der Waals surface area contributed by atoms with Crippen LogP contribution in [0.4, 0.5) is 0 Å². The fraction of sp³-hybridized carbons (Fsp3) is 0.400. The van der Waals surface area contributed by atoms with Gasteiger partial charge in [0.05, 0.1) is 12.7 Å². The van der Waals surface area contributed by atoms with E-state index >= 15 is 0 Å². The Kier molecular flexibility index (Phi) is 0.969. The van der Waals surface area contributed by atoms with Crippen molar-refractivity contribution in [3.63, 3.8) is 0 Å². The van der Waals surface area contributed by atoms with E-state index in [-0.39, 0.29) is 18.1 Å². The van der Waals surface area contributed by atoms with Crippen molar-refractivity contribution in [3.05, 3.63) is 0 Å². The first-order valence-corrected chi connectivity index (χ1v) is 2.97. The van der Waals surface area contributed by atoms with Gasteiger partial charge in [-0.1, -0.05) is 0 Å². The van der Waals surface area contributed by atoms with Crippen LogP contribution in [0.25, 0.3) is 0 Å². The molecule has 0 aromatic rings. The molecule has 0 radical (unpaired) electrons. The summed E-state index contributed by atoms with van der Waals surface area (Å²) in [5.74, 6) is -0.0718. The standard InChI is InChI=1S/C5H6N4O/c10-5-3-4(7-1-6-3)8-2-9-5/h1-4H,(H,6,7)(H,8,9,10)/t3-,4-/m0/s1. The normalized spacial score (nSPS) is 35.0. The average molecular weight is 138 g/mol. The van der Waals surface area contributed by atoms with E-state index in [1.165, 1.54) is 12.7 Å². The zero-order chi connectivity index (χ0) is 6.97. The predicted molar refractivity (Wildman–Crippen MR) is 35.8 cm³/mol. The van der Waals surface area contributed by atoms with Crippen LogP contribution in [-0.4, -0.2) is 30.8 Å². The molecular weight excluding hydrogens is 132 g/mol. The van der Waals surface area contributed by atoms with Crippen LogP contribution in [0.2, 0.25) is 0 Å². The monoisotopic (exact) mass is 138 g/mol. The number of hydrogen-bond acceptors (Lipinski definition) is 4. The lowest BCUT2D eigenvalue weighted by atomic mass is 10.2. The number of rotatable bonds is 0. The highest BCUT2D eigenvalue weighted by molar-refractivity contribution is 5.96. The number of nitrogens with one attached hydrogen (secondary N) is 2. The number of aliphatic imine (C=N–C) groups is 2. The highest BCUT2D eigenvalue weighted by atomic mass is 16.2. The molecule has 0 fully saturated rings. The number of amides is 1. The first-order valence-electron chi connectivity index (χ1n) is 2.97. The Morgan fingerprint density at radius 1 is 1.40 bits per heavy atom. The minimum Gasteiger partial charge on any atom is -0.361 e. The molecule has 10 heavy (non-hydrogen) atoms. The summed E-state index contributed by atoms with van der Waals surface area (Å²) in [7, 11) is 0. The van der Waals surface area contributed by atoms with Gasteiger partial charge in [0.25, 0.3) is 5.91 Å². The van der Waals surface area contributed by atoms with Crippen molar-refractivity contribution in [2.45, 2.75) is 12.2 Å². The van der Waals surface area contributed by atoms with Crippen molar-refractivity contribution in [2.24, 2.45) is 9.98 Å². The molecule has 0 aromatic carbocycles. The second-order valence-corrected chi connectivity index (χ2v) is 2.12. The Labute approximate surface area is 57.2 Å². The molecule has 0 saturated heterocycles. The van der Waals surface area contributed by atoms with Crippen LogP contribution < -0.4 is 10.6 Å². The summed E-state index contributed by atoms with van der Waals surface area (Å²) in [5.41, 5.74) is 0. The van der Waals surface area contributed by atoms with Crippen LogP contribution in [0.5, 0.6) is 0 Å².